The predicted octanol–water partition coefficient (Wildman–Crippen LogP) is 2.37. The third kappa shape index (κ3) is 3.45. The van der Waals surface area contributed by atoms with Crippen molar-refractivity contribution in [1.82, 2.24) is 15.2 Å². The number of benzene rings is 1. The number of aromatic nitrogens is 1. The van der Waals surface area contributed by atoms with Gasteiger partial charge in [-0.2, -0.15) is 0 Å². The lowest BCUT2D eigenvalue weighted by atomic mass is 10.1. The molecule has 0 radical (unpaired) electrons. The molecule has 1 aromatic carbocycles. The van der Waals surface area contributed by atoms with Crippen molar-refractivity contribution in [2.24, 2.45) is 0 Å². The lowest BCUT2D eigenvalue weighted by Crippen LogP contribution is -2.33. The zero-order chi connectivity index (χ0) is 18.0. The Balaban J connectivity index is 1.71. The quantitative estimate of drug-likeness (QED) is 0.846. The van der Waals surface area contributed by atoms with Crippen molar-refractivity contribution in [2.45, 2.75) is 19.4 Å². The van der Waals surface area contributed by atoms with E-state index in [1.54, 1.807) is 12.3 Å². The molecule has 0 bridgehead atoms. The normalized spacial score (nSPS) is 16.9. The number of pyridine rings is 1. The summed E-state index contributed by atoms with van der Waals surface area (Å²) < 4.78 is 18.7. The number of ether oxygens (including phenoxy) is 1. The summed E-state index contributed by atoms with van der Waals surface area (Å²) in [7, 11) is 1.36. The topological polar surface area (TPSA) is 71.5 Å². The van der Waals surface area contributed by atoms with Gasteiger partial charge >= 0.3 is 6.03 Å². The largest absolute Gasteiger partial charge is 0.494 e. The molecule has 2 aromatic rings. The first kappa shape index (κ1) is 16.9. The molecule has 1 atom stereocenters. The lowest BCUT2D eigenvalue weighted by molar-refractivity contribution is -0.127. The number of nitrogens with one attached hydrogen (secondary N) is 1. The molecule has 1 aliphatic heterocycles. The Morgan fingerprint density at radius 3 is 2.72 bits per heavy atom. The highest BCUT2D eigenvalue weighted by atomic mass is 19.1. The highest BCUT2D eigenvalue weighted by Gasteiger charge is 2.38. The molecule has 1 aromatic heterocycles. The smallest absolute Gasteiger partial charge is 0.325 e. The molecule has 3 amide bonds. The fourth-order valence-corrected chi connectivity index (χ4v) is 2.69. The Bertz CT molecular complexity index is 808. The second-order valence-corrected chi connectivity index (χ2v) is 5.84. The monoisotopic (exact) mass is 343 g/mol. The average Bonchev–Trinajstić information content (AvgIpc) is 2.89. The first-order chi connectivity index (χ1) is 12.0. The SMILES string of the molecule is COc1ccc(C2NC(=O)N(CCc3ccc(C)cn3)C2=O)cc1F. The van der Waals surface area contributed by atoms with Crippen LogP contribution in [0.15, 0.2) is 36.5 Å². The zero-order valence-electron chi connectivity index (χ0n) is 14.0. The van der Waals surface area contributed by atoms with Crippen LogP contribution in [-0.4, -0.2) is 35.5 Å². The Morgan fingerprint density at radius 1 is 1.28 bits per heavy atom. The van der Waals surface area contributed by atoms with Crippen LogP contribution in [0.1, 0.15) is 22.9 Å². The van der Waals surface area contributed by atoms with E-state index >= 15 is 0 Å². The van der Waals surface area contributed by atoms with Crippen LogP contribution in [0.4, 0.5) is 9.18 Å². The molecule has 25 heavy (non-hydrogen) atoms. The molecule has 1 unspecified atom stereocenters. The molecule has 2 heterocycles. The molecular formula is C18H18FN3O3. The van der Waals surface area contributed by atoms with Crippen LogP contribution in [0.2, 0.25) is 0 Å². The van der Waals surface area contributed by atoms with E-state index in [9.17, 15) is 14.0 Å². The number of hydrogen-bond donors (Lipinski definition) is 1. The molecule has 6 nitrogen and oxygen atoms in total. The van der Waals surface area contributed by atoms with Gasteiger partial charge in [0.1, 0.15) is 6.04 Å². The molecular weight excluding hydrogens is 325 g/mol. The number of carbonyl (C=O) groups excluding carboxylic acids is 2. The molecule has 130 valence electrons. The fourth-order valence-electron chi connectivity index (χ4n) is 2.69. The number of nitrogens with zero attached hydrogens (tertiary/aromatic N) is 2. The molecule has 1 N–H and O–H groups in total. The van der Waals surface area contributed by atoms with E-state index in [2.05, 4.69) is 10.3 Å². The van der Waals surface area contributed by atoms with Crippen LogP contribution in [0.3, 0.4) is 0 Å². The van der Waals surface area contributed by atoms with Crippen LogP contribution in [0.25, 0.3) is 0 Å². The van der Waals surface area contributed by atoms with Gasteiger partial charge < -0.3 is 10.1 Å². The van der Waals surface area contributed by atoms with Crippen LogP contribution in [0, 0.1) is 12.7 Å². The molecule has 7 heteroatoms. The van der Waals surface area contributed by atoms with Gasteiger partial charge in [-0.25, -0.2) is 9.18 Å². The number of methoxy groups -OCH3 is 1. The molecule has 3 rings (SSSR count). The zero-order valence-corrected chi connectivity index (χ0v) is 14.0. The van der Waals surface area contributed by atoms with Crippen molar-refractivity contribution >= 4 is 11.9 Å². The molecule has 0 spiro atoms. The predicted molar refractivity (Wildman–Crippen MR) is 88.6 cm³/mol. The molecule has 1 fully saturated rings. The van der Waals surface area contributed by atoms with Crippen molar-refractivity contribution < 1.29 is 18.7 Å². The van der Waals surface area contributed by atoms with Crippen molar-refractivity contribution in [3.63, 3.8) is 0 Å². The van der Waals surface area contributed by atoms with Crippen LogP contribution in [0.5, 0.6) is 5.75 Å². The minimum atomic E-state index is -0.890. The van der Waals surface area contributed by atoms with Crippen molar-refractivity contribution in [2.75, 3.05) is 13.7 Å². The summed E-state index contributed by atoms with van der Waals surface area (Å²) in [6, 6.07) is 6.62. The second kappa shape index (κ2) is 6.88. The number of carbonyl (C=O) groups is 2. The van der Waals surface area contributed by atoms with Crippen LogP contribution >= 0.6 is 0 Å². The number of rotatable bonds is 5. The number of aryl methyl sites for hydroxylation is 1. The summed E-state index contributed by atoms with van der Waals surface area (Å²) in [4.78, 5) is 30.0. The van der Waals surface area contributed by atoms with Gasteiger partial charge in [-0.05, 0) is 36.2 Å². The van der Waals surface area contributed by atoms with Gasteiger partial charge in [0.25, 0.3) is 5.91 Å². The number of halogens is 1. The molecule has 0 aliphatic carbocycles. The Kier molecular flexibility index (Phi) is 4.65. The van der Waals surface area contributed by atoms with E-state index in [1.807, 2.05) is 19.1 Å². The maximum absolute atomic E-state index is 13.9. The Labute approximate surface area is 144 Å². The molecule has 0 saturated carbocycles. The highest BCUT2D eigenvalue weighted by Crippen LogP contribution is 2.26. The fraction of sp³-hybridized carbons (Fsp3) is 0.278. The van der Waals surface area contributed by atoms with Crippen LogP contribution < -0.4 is 10.1 Å². The van der Waals surface area contributed by atoms with Gasteiger partial charge in [0.05, 0.1) is 7.11 Å². The lowest BCUT2D eigenvalue weighted by Gasteiger charge is -2.13. The third-order valence-electron chi connectivity index (χ3n) is 4.10. The standard InChI is InChI=1S/C18H18FN3O3/c1-11-3-5-13(20-10-11)7-8-22-17(23)16(21-18(22)24)12-4-6-15(25-2)14(19)9-12/h3-6,9-10,16H,7-8H2,1-2H3,(H,21,24). The highest BCUT2D eigenvalue weighted by molar-refractivity contribution is 6.04. The van der Waals surface area contributed by atoms with Crippen molar-refractivity contribution in [3.8, 4) is 5.75 Å². The van der Waals surface area contributed by atoms with Gasteiger partial charge in [-0.3, -0.25) is 14.7 Å². The third-order valence-corrected chi connectivity index (χ3v) is 4.10. The van der Waals surface area contributed by atoms with Crippen LogP contribution in [-0.2, 0) is 11.2 Å². The second-order valence-electron chi connectivity index (χ2n) is 5.84. The van der Waals surface area contributed by atoms with Gasteiger partial charge in [0.15, 0.2) is 11.6 Å². The summed E-state index contributed by atoms with van der Waals surface area (Å²) >= 11 is 0. The maximum atomic E-state index is 13.9. The van der Waals surface area contributed by atoms with Crippen molar-refractivity contribution in [1.29, 1.82) is 0 Å². The van der Waals surface area contributed by atoms with E-state index in [0.717, 1.165) is 16.2 Å². The Morgan fingerprint density at radius 2 is 2.08 bits per heavy atom. The van der Waals surface area contributed by atoms with Gasteiger partial charge in [0.2, 0.25) is 0 Å². The molecule has 1 aliphatic rings. The summed E-state index contributed by atoms with van der Waals surface area (Å²) in [6.07, 6.45) is 2.20. The summed E-state index contributed by atoms with van der Waals surface area (Å²) in [5, 5.41) is 2.59. The number of urea groups is 1. The van der Waals surface area contributed by atoms with Gasteiger partial charge in [0, 0.05) is 24.9 Å². The average molecular weight is 343 g/mol. The first-order valence-corrected chi connectivity index (χ1v) is 7.86. The first-order valence-electron chi connectivity index (χ1n) is 7.86. The number of amides is 3. The Hall–Kier alpha value is -2.96. The van der Waals surface area contributed by atoms with Gasteiger partial charge in [-0.15, -0.1) is 0 Å². The van der Waals surface area contributed by atoms with E-state index in [4.69, 9.17) is 4.74 Å². The van der Waals surface area contributed by atoms with E-state index in [-0.39, 0.29) is 12.3 Å². The summed E-state index contributed by atoms with van der Waals surface area (Å²) in [5.74, 6) is -0.895. The summed E-state index contributed by atoms with van der Waals surface area (Å²) in [5.41, 5.74) is 2.22. The van der Waals surface area contributed by atoms with E-state index in [0.29, 0.717) is 12.0 Å². The molecule has 1 saturated heterocycles. The maximum Gasteiger partial charge on any atom is 0.325 e. The van der Waals surface area contributed by atoms with Gasteiger partial charge in [-0.1, -0.05) is 12.1 Å². The number of imide groups is 1. The summed E-state index contributed by atoms with van der Waals surface area (Å²) in [6.45, 7) is 2.16. The van der Waals surface area contributed by atoms with Crippen molar-refractivity contribution in [3.05, 3.63) is 59.2 Å². The number of hydrogen-bond acceptors (Lipinski definition) is 4. The minimum Gasteiger partial charge on any atom is -0.494 e. The minimum absolute atomic E-state index is 0.0859. The van der Waals surface area contributed by atoms with E-state index in [1.165, 1.54) is 19.2 Å². The van der Waals surface area contributed by atoms with E-state index < -0.39 is 23.8 Å².